The summed E-state index contributed by atoms with van der Waals surface area (Å²) in [6.45, 7) is 2.60. The lowest BCUT2D eigenvalue weighted by molar-refractivity contribution is 0.441. The molecule has 2 fully saturated rings. The minimum Gasteiger partial charge on any atom is -0.338 e. The third-order valence-electron chi connectivity index (χ3n) is 5.53. The molecule has 1 aromatic carbocycles. The molecule has 0 bridgehead atoms. The van der Waals surface area contributed by atoms with Gasteiger partial charge in [-0.1, -0.05) is 6.07 Å². The van der Waals surface area contributed by atoms with Crippen molar-refractivity contribution in [1.29, 1.82) is 0 Å². The highest BCUT2D eigenvalue weighted by atomic mass is 32.2. The van der Waals surface area contributed by atoms with Crippen LogP contribution in [0.5, 0.6) is 0 Å². The minimum absolute atomic E-state index is 0.0181. The molecule has 168 valence electrons. The molecule has 2 aromatic rings. The number of hydrogen-bond acceptors (Lipinski definition) is 11. The first-order valence-electron chi connectivity index (χ1n) is 10.6. The zero-order chi connectivity index (χ0) is 22.0. The molecule has 2 saturated heterocycles. The van der Waals surface area contributed by atoms with Gasteiger partial charge in [0.05, 0.1) is 0 Å². The Balaban J connectivity index is 1.67. The smallest absolute Gasteiger partial charge is 0.233 e. The van der Waals surface area contributed by atoms with E-state index in [0.29, 0.717) is 44.0 Å². The van der Waals surface area contributed by atoms with Crippen LogP contribution in [-0.2, 0) is 0 Å². The normalized spacial score (nSPS) is 26.7. The minimum atomic E-state index is -0.0181. The SMILES string of the molecule is CSc1cccc(Nc2nc(N3C[C@H](N)C[C@H](N)C3)nc(N3C[C@H](N)C[C@H](N)C3)n2)c1. The highest BCUT2D eigenvalue weighted by molar-refractivity contribution is 7.98. The van der Waals surface area contributed by atoms with Crippen LogP contribution in [0.15, 0.2) is 29.2 Å². The topological polar surface area (TPSA) is 161 Å². The van der Waals surface area contributed by atoms with Crippen LogP contribution in [0.4, 0.5) is 23.5 Å². The van der Waals surface area contributed by atoms with Crippen LogP contribution in [0, 0.1) is 0 Å². The monoisotopic (exact) mass is 444 g/mol. The summed E-state index contributed by atoms with van der Waals surface area (Å²) in [5.74, 6) is 1.59. The number of hydrogen-bond donors (Lipinski definition) is 5. The Morgan fingerprint density at radius 1 is 0.839 bits per heavy atom. The van der Waals surface area contributed by atoms with Crippen LogP contribution < -0.4 is 38.1 Å². The summed E-state index contributed by atoms with van der Waals surface area (Å²) in [7, 11) is 0. The number of nitrogens with two attached hydrogens (primary N) is 4. The Labute approximate surface area is 187 Å². The first kappa shape index (κ1) is 22.0. The lowest BCUT2D eigenvalue weighted by Crippen LogP contribution is -2.54. The Hall–Kier alpha value is -2.18. The molecule has 2 aliphatic heterocycles. The molecule has 3 heterocycles. The van der Waals surface area contributed by atoms with Gasteiger partial charge in [-0.05, 0) is 37.3 Å². The summed E-state index contributed by atoms with van der Waals surface area (Å²) < 4.78 is 0. The number of piperidine rings is 2. The predicted molar refractivity (Wildman–Crippen MR) is 127 cm³/mol. The van der Waals surface area contributed by atoms with Gasteiger partial charge in [0.1, 0.15) is 0 Å². The molecule has 31 heavy (non-hydrogen) atoms. The van der Waals surface area contributed by atoms with Gasteiger partial charge < -0.3 is 38.1 Å². The predicted octanol–water partition coefficient (Wildman–Crippen LogP) is 0.0665. The molecular weight excluding hydrogens is 412 g/mol. The molecule has 10 nitrogen and oxygen atoms in total. The van der Waals surface area contributed by atoms with Crippen molar-refractivity contribution < 1.29 is 0 Å². The van der Waals surface area contributed by atoms with Gasteiger partial charge in [-0.15, -0.1) is 11.8 Å². The Kier molecular flexibility index (Phi) is 6.77. The van der Waals surface area contributed by atoms with Gasteiger partial charge >= 0.3 is 0 Å². The van der Waals surface area contributed by atoms with E-state index in [9.17, 15) is 0 Å². The van der Waals surface area contributed by atoms with E-state index in [-0.39, 0.29) is 24.2 Å². The van der Waals surface area contributed by atoms with Crippen LogP contribution in [0.2, 0.25) is 0 Å². The molecule has 0 spiro atoms. The second-order valence-corrected chi connectivity index (χ2v) is 9.32. The number of aromatic nitrogens is 3. The Bertz CT molecular complexity index is 832. The first-order chi connectivity index (χ1) is 14.9. The summed E-state index contributed by atoms with van der Waals surface area (Å²) in [6.07, 6.45) is 3.62. The summed E-state index contributed by atoms with van der Waals surface area (Å²) in [5, 5.41) is 3.33. The molecule has 4 atom stereocenters. The molecule has 0 radical (unpaired) electrons. The molecule has 2 aliphatic rings. The van der Waals surface area contributed by atoms with E-state index < -0.39 is 0 Å². The molecule has 0 aliphatic carbocycles. The fourth-order valence-electron chi connectivity index (χ4n) is 4.21. The quantitative estimate of drug-likeness (QED) is 0.397. The zero-order valence-electron chi connectivity index (χ0n) is 17.8. The molecule has 0 saturated carbocycles. The van der Waals surface area contributed by atoms with E-state index >= 15 is 0 Å². The van der Waals surface area contributed by atoms with Crippen molar-refractivity contribution in [1.82, 2.24) is 15.0 Å². The van der Waals surface area contributed by atoms with Crippen LogP contribution in [0.3, 0.4) is 0 Å². The highest BCUT2D eigenvalue weighted by Crippen LogP contribution is 2.25. The van der Waals surface area contributed by atoms with Crippen LogP contribution in [0.25, 0.3) is 0 Å². The summed E-state index contributed by atoms with van der Waals surface area (Å²) in [5.41, 5.74) is 25.7. The van der Waals surface area contributed by atoms with Gasteiger partial charge in [0.25, 0.3) is 0 Å². The number of benzene rings is 1. The molecule has 9 N–H and O–H groups in total. The van der Waals surface area contributed by atoms with Gasteiger partial charge in [-0.25, -0.2) is 0 Å². The molecule has 0 unspecified atom stereocenters. The molecule has 1 aromatic heterocycles. The standard InChI is InChI=1S/C20H32N10S/c1-31-17-4-2-3-16(7-17)25-18-26-19(29-8-12(21)5-13(22)9-29)28-20(27-18)30-10-14(23)6-15(24)11-30/h2-4,7,12-15H,5-6,8-11,21-24H2,1H3,(H,25,26,27,28)/t12-,13+,14-,15+. The number of nitrogens with zero attached hydrogens (tertiary/aromatic N) is 5. The van der Waals surface area contributed by atoms with Gasteiger partial charge in [0.15, 0.2) is 0 Å². The number of nitrogens with one attached hydrogen (secondary N) is 1. The fourth-order valence-corrected chi connectivity index (χ4v) is 4.67. The second-order valence-electron chi connectivity index (χ2n) is 8.44. The lowest BCUT2D eigenvalue weighted by atomic mass is 10.0. The Morgan fingerprint density at radius 2 is 1.35 bits per heavy atom. The van der Waals surface area contributed by atoms with Gasteiger partial charge in [-0.2, -0.15) is 15.0 Å². The van der Waals surface area contributed by atoms with Gasteiger partial charge in [0, 0.05) is 60.9 Å². The highest BCUT2D eigenvalue weighted by Gasteiger charge is 2.28. The summed E-state index contributed by atoms with van der Waals surface area (Å²) in [4.78, 5) is 19.4. The summed E-state index contributed by atoms with van der Waals surface area (Å²) in [6, 6.07) is 8.04. The maximum atomic E-state index is 6.21. The average Bonchev–Trinajstić information content (AvgIpc) is 2.72. The number of rotatable bonds is 5. The van der Waals surface area contributed by atoms with E-state index in [1.807, 2.05) is 28.2 Å². The molecular formula is C20H32N10S. The van der Waals surface area contributed by atoms with Crippen molar-refractivity contribution in [3.63, 3.8) is 0 Å². The largest absolute Gasteiger partial charge is 0.338 e. The summed E-state index contributed by atoms with van der Waals surface area (Å²) >= 11 is 1.68. The van der Waals surface area contributed by atoms with E-state index in [2.05, 4.69) is 17.4 Å². The van der Waals surface area contributed by atoms with Crippen molar-refractivity contribution in [2.45, 2.75) is 41.9 Å². The van der Waals surface area contributed by atoms with Crippen molar-refractivity contribution in [3.8, 4) is 0 Å². The lowest BCUT2D eigenvalue weighted by Gasteiger charge is -2.37. The van der Waals surface area contributed by atoms with Crippen molar-refractivity contribution in [3.05, 3.63) is 24.3 Å². The van der Waals surface area contributed by atoms with Crippen molar-refractivity contribution in [2.24, 2.45) is 22.9 Å². The zero-order valence-corrected chi connectivity index (χ0v) is 18.6. The van der Waals surface area contributed by atoms with E-state index in [0.717, 1.165) is 23.4 Å². The Morgan fingerprint density at radius 3 is 1.84 bits per heavy atom. The van der Waals surface area contributed by atoms with Crippen molar-refractivity contribution >= 4 is 35.3 Å². The number of anilines is 4. The maximum absolute atomic E-state index is 6.21. The van der Waals surface area contributed by atoms with E-state index in [1.165, 1.54) is 0 Å². The fraction of sp³-hybridized carbons (Fsp3) is 0.550. The van der Waals surface area contributed by atoms with Crippen molar-refractivity contribution in [2.75, 3.05) is 47.6 Å². The molecule has 0 amide bonds. The van der Waals surface area contributed by atoms with Gasteiger partial charge in [0.2, 0.25) is 17.8 Å². The van der Waals surface area contributed by atoms with Crippen LogP contribution in [-0.4, -0.2) is 71.6 Å². The average molecular weight is 445 g/mol. The van der Waals surface area contributed by atoms with Crippen LogP contribution in [0.1, 0.15) is 12.8 Å². The molecule has 11 heteroatoms. The third-order valence-corrected chi connectivity index (χ3v) is 6.26. The first-order valence-corrected chi connectivity index (χ1v) is 11.8. The third kappa shape index (κ3) is 5.55. The van der Waals surface area contributed by atoms with Gasteiger partial charge in [-0.3, -0.25) is 0 Å². The van der Waals surface area contributed by atoms with Crippen LogP contribution >= 0.6 is 11.8 Å². The second kappa shape index (κ2) is 9.53. The van der Waals surface area contributed by atoms with E-state index in [4.69, 9.17) is 37.9 Å². The molecule has 4 rings (SSSR count). The van der Waals surface area contributed by atoms with E-state index in [1.54, 1.807) is 11.8 Å². The number of thioether (sulfide) groups is 1. The maximum Gasteiger partial charge on any atom is 0.233 e.